The Labute approximate surface area is 97.7 Å². The molecule has 1 unspecified atom stereocenters. The van der Waals surface area contributed by atoms with Crippen LogP contribution < -0.4 is 5.32 Å². The van der Waals surface area contributed by atoms with Crippen LogP contribution in [0.1, 0.15) is 19.5 Å². The molecule has 0 aromatic carbocycles. The molecule has 0 bridgehead atoms. The molecule has 1 rings (SSSR count). The summed E-state index contributed by atoms with van der Waals surface area (Å²) in [6.45, 7) is 3.82. The molecule has 0 saturated heterocycles. The summed E-state index contributed by atoms with van der Waals surface area (Å²) in [5.41, 5.74) is -0.943. The average Bonchev–Trinajstić information content (AvgIpc) is 2.25. The topological polar surface area (TPSA) is 45.1 Å². The third kappa shape index (κ3) is 4.22. The van der Waals surface area contributed by atoms with Crippen molar-refractivity contribution < 1.29 is 18.3 Å². The van der Waals surface area contributed by atoms with Gasteiger partial charge in [0, 0.05) is 6.54 Å². The van der Waals surface area contributed by atoms with E-state index in [-0.39, 0.29) is 18.3 Å². The maximum atomic E-state index is 12.4. The lowest BCUT2D eigenvalue weighted by atomic mass is 10.1. The van der Waals surface area contributed by atoms with Crippen LogP contribution >= 0.6 is 0 Å². The van der Waals surface area contributed by atoms with Crippen molar-refractivity contribution in [3.8, 4) is 0 Å². The minimum Gasteiger partial charge on any atom is -0.391 e. The molecule has 1 heterocycles. The largest absolute Gasteiger partial charge is 0.433 e. The lowest BCUT2D eigenvalue weighted by Gasteiger charge is -2.16. The van der Waals surface area contributed by atoms with Crippen LogP contribution in [0.2, 0.25) is 0 Å². The molecule has 0 radical (unpaired) electrons. The van der Waals surface area contributed by atoms with Crippen molar-refractivity contribution in [3.05, 3.63) is 23.9 Å². The third-order valence-corrected chi connectivity index (χ3v) is 2.30. The molecule has 2 N–H and O–H groups in total. The van der Waals surface area contributed by atoms with Crippen molar-refractivity contribution in [1.82, 2.24) is 4.98 Å². The third-order valence-electron chi connectivity index (χ3n) is 2.30. The number of halogens is 3. The van der Waals surface area contributed by atoms with E-state index in [0.29, 0.717) is 0 Å². The number of aliphatic hydroxyl groups is 1. The van der Waals surface area contributed by atoms with Crippen molar-refractivity contribution in [1.29, 1.82) is 0 Å². The number of anilines is 1. The zero-order valence-corrected chi connectivity index (χ0v) is 9.62. The maximum Gasteiger partial charge on any atom is 0.433 e. The van der Waals surface area contributed by atoms with E-state index in [1.807, 2.05) is 13.8 Å². The van der Waals surface area contributed by atoms with Crippen molar-refractivity contribution >= 4 is 5.82 Å². The lowest BCUT2D eigenvalue weighted by molar-refractivity contribution is -0.141. The van der Waals surface area contributed by atoms with Gasteiger partial charge in [-0.1, -0.05) is 19.9 Å². The summed E-state index contributed by atoms with van der Waals surface area (Å²) in [5.74, 6) is 0.146. The number of nitrogens with zero attached hydrogens (tertiary/aromatic N) is 1. The van der Waals surface area contributed by atoms with E-state index >= 15 is 0 Å². The zero-order valence-electron chi connectivity index (χ0n) is 9.62. The Morgan fingerprint density at radius 2 is 2.00 bits per heavy atom. The highest BCUT2D eigenvalue weighted by Gasteiger charge is 2.32. The molecule has 0 fully saturated rings. The maximum absolute atomic E-state index is 12.4. The Morgan fingerprint density at radius 1 is 1.35 bits per heavy atom. The van der Waals surface area contributed by atoms with Gasteiger partial charge in [-0.15, -0.1) is 0 Å². The number of rotatable bonds is 4. The van der Waals surface area contributed by atoms with E-state index in [1.165, 1.54) is 12.1 Å². The molecule has 1 atom stereocenters. The first-order valence-electron chi connectivity index (χ1n) is 5.27. The van der Waals surface area contributed by atoms with E-state index < -0.39 is 18.0 Å². The van der Waals surface area contributed by atoms with Gasteiger partial charge in [-0.2, -0.15) is 13.2 Å². The molecule has 6 heteroatoms. The summed E-state index contributed by atoms with van der Waals surface area (Å²) >= 11 is 0. The highest BCUT2D eigenvalue weighted by molar-refractivity contribution is 5.36. The molecule has 0 aliphatic carbocycles. The van der Waals surface area contributed by atoms with Gasteiger partial charge in [-0.25, -0.2) is 4.98 Å². The zero-order chi connectivity index (χ0) is 13.1. The Balaban J connectivity index is 2.67. The van der Waals surface area contributed by atoms with E-state index in [0.717, 1.165) is 6.07 Å². The van der Waals surface area contributed by atoms with Crippen LogP contribution in [-0.4, -0.2) is 22.7 Å². The first-order chi connectivity index (χ1) is 7.80. The van der Waals surface area contributed by atoms with Crippen LogP contribution in [0.15, 0.2) is 18.2 Å². The molecule has 0 saturated carbocycles. The number of hydrogen-bond donors (Lipinski definition) is 2. The van der Waals surface area contributed by atoms with Crippen molar-refractivity contribution in [3.63, 3.8) is 0 Å². The number of alkyl halides is 3. The summed E-state index contributed by atoms with van der Waals surface area (Å²) in [4.78, 5) is 3.43. The molecule has 0 aliphatic heterocycles. The molecule has 96 valence electrons. The molecule has 17 heavy (non-hydrogen) atoms. The second-order valence-corrected chi connectivity index (χ2v) is 4.10. The highest BCUT2D eigenvalue weighted by atomic mass is 19.4. The van der Waals surface area contributed by atoms with Gasteiger partial charge in [0.1, 0.15) is 11.5 Å². The van der Waals surface area contributed by atoms with Gasteiger partial charge in [0.2, 0.25) is 0 Å². The Morgan fingerprint density at radius 3 is 2.53 bits per heavy atom. The molecule has 3 nitrogen and oxygen atoms in total. The predicted octanol–water partition coefficient (Wildman–Crippen LogP) is 2.53. The Hall–Kier alpha value is -1.30. The first-order valence-corrected chi connectivity index (χ1v) is 5.27. The molecule has 0 aliphatic rings. The van der Waals surface area contributed by atoms with Crippen LogP contribution in [0, 0.1) is 5.92 Å². The Bertz CT molecular complexity index is 366. The van der Waals surface area contributed by atoms with Crippen LogP contribution in [0.4, 0.5) is 19.0 Å². The van der Waals surface area contributed by atoms with E-state index in [9.17, 15) is 18.3 Å². The van der Waals surface area contributed by atoms with Crippen LogP contribution in [0.3, 0.4) is 0 Å². The summed E-state index contributed by atoms with van der Waals surface area (Å²) in [6.07, 6.45) is -5.07. The SMILES string of the molecule is CC(C)C(O)CNc1cccc(C(F)(F)F)n1. The Kier molecular flexibility index (Phi) is 4.34. The summed E-state index contributed by atoms with van der Waals surface area (Å²) < 4.78 is 37.1. The standard InChI is InChI=1S/C11H15F3N2O/c1-7(2)8(17)6-15-10-5-3-4-9(16-10)11(12,13)14/h3-5,7-8,17H,6H2,1-2H3,(H,15,16). The normalized spacial score (nSPS) is 13.8. The molecular weight excluding hydrogens is 233 g/mol. The predicted molar refractivity (Wildman–Crippen MR) is 58.6 cm³/mol. The average molecular weight is 248 g/mol. The van der Waals surface area contributed by atoms with Gasteiger partial charge in [0.25, 0.3) is 0 Å². The number of pyridine rings is 1. The number of nitrogens with one attached hydrogen (secondary N) is 1. The smallest absolute Gasteiger partial charge is 0.391 e. The van der Waals surface area contributed by atoms with E-state index in [1.54, 1.807) is 0 Å². The summed E-state index contributed by atoms with van der Waals surface area (Å²) in [5, 5.41) is 12.2. The van der Waals surface area contributed by atoms with Crippen molar-refractivity contribution in [2.24, 2.45) is 5.92 Å². The van der Waals surface area contributed by atoms with Gasteiger partial charge in [-0.05, 0) is 18.1 Å². The molecule has 0 spiro atoms. The van der Waals surface area contributed by atoms with Gasteiger partial charge in [0.15, 0.2) is 0 Å². The van der Waals surface area contributed by atoms with Crippen LogP contribution in [0.25, 0.3) is 0 Å². The van der Waals surface area contributed by atoms with Crippen molar-refractivity contribution in [2.75, 3.05) is 11.9 Å². The molecule has 1 aromatic rings. The van der Waals surface area contributed by atoms with Gasteiger partial charge in [-0.3, -0.25) is 0 Å². The fourth-order valence-electron chi connectivity index (χ4n) is 1.14. The van der Waals surface area contributed by atoms with Crippen LogP contribution in [-0.2, 0) is 6.18 Å². The second kappa shape index (κ2) is 5.35. The van der Waals surface area contributed by atoms with E-state index in [2.05, 4.69) is 10.3 Å². The summed E-state index contributed by atoms with van der Waals surface area (Å²) in [7, 11) is 0. The lowest BCUT2D eigenvalue weighted by Crippen LogP contribution is -2.25. The van der Waals surface area contributed by atoms with E-state index in [4.69, 9.17) is 0 Å². The summed E-state index contributed by atoms with van der Waals surface area (Å²) in [6, 6.07) is 3.62. The highest BCUT2D eigenvalue weighted by Crippen LogP contribution is 2.28. The number of aliphatic hydroxyl groups excluding tert-OH is 1. The van der Waals surface area contributed by atoms with Gasteiger partial charge in [0.05, 0.1) is 6.10 Å². The van der Waals surface area contributed by atoms with Gasteiger partial charge < -0.3 is 10.4 Å². The van der Waals surface area contributed by atoms with Gasteiger partial charge >= 0.3 is 6.18 Å². The first kappa shape index (κ1) is 13.8. The quantitative estimate of drug-likeness (QED) is 0.860. The molecule has 0 amide bonds. The minimum absolute atomic E-state index is 0.0355. The van der Waals surface area contributed by atoms with Crippen molar-refractivity contribution in [2.45, 2.75) is 26.1 Å². The number of hydrogen-bond acceptors (Lipinski definition) is 3. The fraction of sp³-hybridized carbons (Fsp3) is 0.545. The minimum atomic E-state index is -4.45. The monoisotopic (exact) mass is 248 g/mol. The number of aromatic nitrogens is 1. The molecular formula is C11H15F3N2O. The molecule has 1 aromatic heterocycles. The van der Waals surface area contributed by atoms with Crippen LogP contribution in [0.5, 0.6) is 0 Å². The second-order valence-electron chi connectivity index (χ2n) is 4.10. The fourth-order valence-corrected chi connectivity index (χ4v) is 1.14.